The van der Waals surface area contributed by atoms with Crippen LogP contribution in [0.5, 0.6) is 0 Å². The minimum Gasteiger partial charge on any atom is -0.332 e. The zero-order chi connectivity index (χ0) is 14.0. The quantitative estimate of drug-likeness (QED) is 0.832. The first kappa shape index (κ1) is 13.8. The smallest absolute Gasteiger partial charge is 0.175 e. The van der Waals surface area contributed by atoms with Crippen LogP contribution in [-0.2, 0) is 7.05 Å². The Kier molecular flexibility index (Phi) is 4.07. The molecule has 19 heavy (non-hydrogen) atoms. The molecule has 0 saturated heterocycles. The zero-order valence-electron chi connectivity index (χ0n) is 11.0. The van der Waals surface area contributed by atoms with E-state index in [1.807, 2.05) is 45.3 Å². The van der Waals surface area contributed by atoms with Crippen LogP contribution in [-0.4, -0.2) is 14.9 Å². The van der Waals surface area contributed by atoms with Crippen molar-refractivity contribution in [3.63, 3.8) is 0 Å². The van der Waals surface area contributed by atoms with Gasteiger partial charge in [-0.1, -0.05) is 17.7 Å². The zero-order valence-corrected chi connectivity index (χ0v) is 12.6. The summed E-state index contributed by atoms with van der Waals surface area (Å²) in [6.07, 6.45) is 1.88. The summed E-state index contributed by atoms with van der Waals surface area (Å²) in [7, 11) is 1.87. The second-order valence-corrected chi connectivity index (χ2v) is 5.11. The Morgan fingerprint density at radius 3 is 2.58 bits per heavy atom. The first-order valence-corrected chi connectivity index (χ1v) is 6.59. The van der Waals surface area contributed by atoms with Gasteiger partial charge in [-0.2, -0.15) is 5.10 Å². The van der Waals surface area contributed by atoms with Crippen molar-refractivity contribution in [1.82, 2.24) is 9.78 Å². The van der Waals surface area contributed by atoms with E-state index in [9.17, 15) is 0 Å². The number of aryl methyl sites for hydroxylation is 2. The van der Waals surface area contributed by atoms with Crippen LogP contribution in [0.25, 0.3) is 0 Å². The molecule has 0 saturated carbocycles. The number of rotatable bonds is 2. The molecule has 2 N–H and O–H groups in total. The van der Waals surface area contributed by atoms with Crippen LogP contribution in [0.2, 0.25) is 5.02 Å². The average molecular weight is 295 g/mol. The molecule has 1 aromatic heterocycles. The van der Waals surface area contributed by atoms with Crippen molar-refractivity contribution in [3.8, 4) is 0 Å². The van der Waals surface area contributed by atoms with Crippen molar-refractivity contribution in [3.05, 3.63) is 40.7 Å². The maximum Gasteiger partial charge on any atom is 0.175 e. The Morgan fingerprint density at radius 1 is 1.26 bits per heavy atom. The van der Waals surface area contributed by atoms with E-state index in [4.69, 9.17) is 23.8 Å². The van der Waals surface area contributed by atoms with E-state index >= 15 is 0 Å². The maximum absolute atomic E-state index is 6.07. The Labute approximate surface area is 122 Å². The van der Waals surface area contributed by atoms with Crippen LogP contribution >= 0.6 is 23.8 Å². The van der Waals surface area contributed by atoms with E-state index in [1.165, 1.54) is 0 Å². The lowest BCUT2D eigenvalue weighted by Crippen LogP contribution is -2.19. The molecule has 2 aromatic rings. The van der Waals surface area contributed by atoms with Crippen LogP contribution in [0.3, 0.4) is 0 Å². The lowest BCUT2D eigenvalue weighted by atomic mass is 10.2. The molecule has 0 aliphatic rings. The van der Waals surface area contributed by atoms with Crippen molar-refractivity contribution >= 4 is 40.3 Å². The Hall–Kier alpha value is -1.59. The van der Waals surface area contributed by atoms with Crippen LogP contribution in [0, 0.1) is 13.8 Å². The molecule has 4 nitrogen and oxygen atoms in total. The molecule has 0 radical (unpaired) electrons. The summed E-state index contributed by atoms with van der Waals surface area (Å²) < 4.78 is 1.74. The fourth-order valence-corrected chi connectivity index (χ4v) is 2.14. The SMILES string of the molecule is Cc1nn(C)cc1NC(=S)Nc1cccc(Cl)c1C. The van der Waals surface area contributed by atoms with E-state index in [1.54, 1.807) is 4.68 Å². The van der Waals surface area contributed by atoms with Gasteiger partial charge in [-0.15, -0.1) is 0 Å². The number of hydrogen-bond donors (Lipinski definition) is 2. The molecule has 0 aliphatic heterocycles. The molecule has 1 aromatic carbocycles. The summed E-state index contributed by atoms with van der Waals surface area (Å²) in [5.74, 6) is 0. The highest BCUT2D eigenvalue weighted by Gasteiger charge is 2.07. The van der Waals surface area contributed by atoms with Gasteiger partial charge in [-0.3, -0.25) is 4.68 Å². The number of hydrogen-bond acceptors (Lipinski definition) is 2. The van der Waals surface area contributed by atoms with Gasteiger partial charge in [-0.05, 0) is 43.8 Å². The molecule has 2 rings (SSSR count). The third-order valence-corrected chi connectivity index (χ3v) is 3.39. The first-order chi connectivity index (χ1) is 8.97. The molecule has 0 aliphatic carbocycles. The highest BCUT2D eigenvalue weighted by atomic mass is 35.5. The van der Waals surface area contributed by atoms with Gasteiger partial charge in [-0.25, -0.2) is 0 Å². The molecule has 100 valence electrons. The van der Waals surface area contributed by atoms with Crippen LogP contribution < -0.4 is 10.6 Å². The second-order valence-electron chi connectivity index (χ2n) is 4.29. The van der Waals surface area contributed by atoms with Gasteiger partial charge in [0.05, 0.1) is 11.4 Å². The number of anilines is 2. The van der Waals surface area contributed by atoms with Crippen molar-refractivity contribution in [1.29, 1.82) is 0 Å². The number of nitrogens with zero attached hydrogens (tertiary/aromatic N) is 2. The van der Waals surface area contributed by atoms with Crippen LogP contribution in [0.15, 0.2) is 24.4 Å². The summed E-state index contributed by atoms with van der Waals surface area (Å²) in [5.41, 5.74) is 3.65. The number of thiocarbonyl (C=S) groups is 1. The minimum atomic E-state index is 0.515. The maximum atomic E-state index is 6.07. The van der Waals surface area contributed by atoms with Crippen molar-refractivity contribution in [2.75, 3.05) is 10.6 Å². The van der Waals surface area contributed by atoms with Gasteiger partial charge in [0.25, 0.3) is 0 Å². The average Bonchev–Trinajstić information content (AvgIpc) is 2.64. The highest BCUT2D eigenvalue weighted by molar-refractivity contribution is 7.80. The molecule has 0 atom stereocenters. The van der Waals surface area contributed by atoms with Gasteiger partial charge in [0.1, 0.15) is 0 Å². The van der Waals surface area contributed by atoms with Gasteiger partial charge in [0.15, 0.2) is 5.11 Å². The largest absolute Gasteiger partial charge is 0.332 e. The predicted molar refractivity (Wildman–Crippen MR) is 84.0 cm³/mol. The Balaban J connectivity index is 2.10. The van der Waals surface area contributed by atoms with Gasteiger partial charge in [0.2, 0.25) is 0 Å². The minimum absolute atomic E-state index is 0.515. The van der Waals surface area contributed by atoms with E-state index in [2.05, 4.69) is 15.7 Å². The van der Waals surface area contributed by atoms with Gasteiger partial charge >= 0.3 is 0 Å². The standard InChI is InChI=1S/C13H15ClN4S/c1-8-10(14)5-4-6-11(8)15-13(19)16-12-7-18(3)17-9(12)2/h4-7H,1-3H3,(H2,15,16,19). The second kappa shape index (κ2) is 5.59. The van der Waals surface area contributed by atoms with Crippen molar-refractivity contribution in [2.45, 2.75) is 13.8 Å². The lowest BCUT2D eigenvalue weighted by Gasteiger charge is -2.12. The molecular weight excluding hydrogens is 280 g/mol. The fourth-order valence-electron chi connectivity index (χ4n) is 1.74. The van der Waals surface area contributed by atoms with E-state index in [0.29, 0.717) is 10.1 Å². The number of halogens is 1. The van der Waals surface area contributed by atoms with Crippen molar-refractivity contribution in [2.24, 2.45) is 7.05 Å². The summed E-state index contributed by atoms with van der Waals surface area (Å²) >= 11 is 11.4. The normalized spacial score (nSPS) is 10.3. The fraction of sp³-hybridized carbons (Fsp3) is 0.231. The molecule has 0 bridgehead atoms. The number of nitrogens with one attached hydrogen (secondary N) is 2. The summed E-state index contributed by atoms with van der Waals surface area (Å²) in [4.78, 5) is 0. The first-order valence-electron chi connectivity index (χ1n) is 5.80. The molecule has 1 heterocycles. The third-order valence-electron chi connectivity index (χ3n) is 2.78. The van der Waals surface area contributed by atoms with Crippen molar-refractivity contribution < 1.29 is 0 Å². The summed E-state index contributed by atoms with van der Waals surface area (Å²) in [5, 5.41) is 11.7. The molecule has 0 spiro atoms. The predicted octanol–water partition coefficient (Wildman–Crippen LogP) is 3.50. The molecular formula is C13H15ClN4S. The lowest BCUT2D eigenvalue weighted by molar-refractivity contribution is 0.756. The third kappa shape index (κ3) is 3.24. The van der Waals surface area contributed by atoms with E-state index < -0.39 is 0 Å². The number of aromatic nitrogens is 2. The van der Waals surface area contributed by atoms with Crippen LogP contribution in [0.4, 0.5) is 11.4 Å². The molecule has 0 amide bonds. The van der Waals surface area contributed by atoms with E-state index in [0.717, 1.165) is 22.6 Å². The van der Waals surface area contributed by atoms with Gasteiger partial charge < -0.3 is 10.6 Å². The summed E-state index contributed by atoms with van der Waals surface area (Å²) in [6, 6.07) is 5.67. The molecule has 0 unspecified atom stereocenters. The monoisotopic (exact) mass is 294 g/mol. The number of benzene rings is 1. The highest BCUT2D eigenvalue weighted by Crippen LogP contribution is 2.23. The van der Waals surface area contributed by atoms with Crippen LogP contribution in [0.1, 0.15) is 11.3 Å². The Morgan fingerprint density at radius 2 is 1.95 bits per heavy atom. The van der Waals surface area contributed by atoms with E-state index in [-0.39, 0.29) is 0 Å². The molecule has 0 fully saturated rings. The summed E-state index contributed by atoms with van der Waals surface area (Å²) in [6.45, 7) is 3.87. The van der Waals surface area contributed by atoms with Gasteiger partial charge in [0, 0.05) is 24.0 Å². The molecule has 6 heteroatoms. The topological polar surface area (TPSA) is 41.9 Å². The Bertz CT molecular complexity index is 621.